The molecule has 3 N–H and O–H groups in total. The van der Waals surface area contributed by atoms with Gasteiger partial charge in [-0.2, -0.15) is 0 Å². The Morgan fingerprint density at radius 2 is 2.00 bits per heavy atom. The van der Waals surface area contributed by atoms with Gasteiger partial charge in [-0.1, -0.05) is 44.4 Å². The summed E-state index contributed by atoms with van der Waals surface area (Å²) in [7, 11) is 0. The third kappa shape index (κ3) is 4.23. The Bertz CT molecular complexity index is 367. The standard InChI is InChI=1S/C14H22ClFN2/c1-3-10(4-2)9-18-14(8-17)12-6-5-11(16)7-13(12)15/h5-7,10,14,18H,3-4,8-9,17H2,1-2H3. The molecule has 0 saturated heterocycles. The second kappa shape index (κ2) is 7.72. The Kier molecular flexibility index (Phi) is 6.61. The van der Waals surface area contributed by atoms with Crippen LogP contribution in [0.5, 0.6) is 0 Å². The van der Waals surface area contributed by atoms with Crippen molar-refractivity contribution in [3.63, 3.8) is 0 Å². The molecule has 4 heteroatoms. The van der Waals surface area contributed by atoms with E-state index < -0.39 is 0 Å². The van der Waals surface area contributed by atoms with E-state index in [0.29, 0.717) is 17.5 Å². The number of rotatable bonds is 7. The van der Waals surface area contributed by atoms with Crippen LogP contribution >= 0.6 is 11.6 Å². The van der Waals surface area contributed by atoms with Crippen molar-refractivity contribution in [1.82, 2.24) is 5.32 Å². The summed E-state index contributed by atoms with van der Waals surface area (Å²) in [4.78, 5) is 0. The predicted octanol–water partition coefficient (Wildman–Crippen LogP) is 3.50. The predicted molar refractivity (Wildman–Crippen MR) is 75.3 cm³/mol. The largest absolute Gasteiger partial charge is 0.329 e. The molecule has 0 fully saturated rings. The molecule has 18 heavy (non-hydrogen) atoms. The highest BCUT2D eigenvalue weighted by Gasteiger charge is 2.14. The second-order valence-electron chi connectivity index (χ2n) is 4.54. The summed E-state index contributed by atoms with van der Waals surface area (Å²) in [5.41, 5.74) is 6.63. The first-order valence-electron chi connectivity index (χ1n) is 6.50. The molecule has 0 aliphatic heterocycles. The van der Waals surface area contributed by atoms with Crippen molar-refractivity contribution in [2.45, 2.75) is 32.7 Å². The fourth-order valence-corrected chi connectivity index (χ4v) is 2.29. The number of hydrogen-bond acceptors (Lipinski definition) is 2. The molecule has 1 aromatic rings. The summed E-state index contributed by atoms with van der Waals surface area (Å²) < 4.78 is 13.0. The topological polar surface area (TPSA) is 38.0 Å². The minimum atomic E-state index is -0.320. The van der Waals surface area contributed by atoms with Gasteiger partial charge in [-0.15, -0.1) is 0 Å². The highest BCUT2D eigenvalue weighted by atomic mass is 35.5. The van der Waals surface area contributed by atoms with Crippen LogP contribution in [-0.4, -0.2) is 13.1 Å². The molecule has 0 saturated carbocycles. The van der Waals surface area contributed by atoms with Gasteiger partial charge in [0, 0.05) is 17.6 Å². The maximum atomic E-state index is 13.0. The molecule has 1 unspecified atom stereocenters. The van der Waals surface area contributed by atoms with E-state index in [1.165, 1.54) is 12.1 Å². The molecule has 0 bridgehead atoms. The van der Waals surface area contributed by atoms with Gasteiger partial charge < -0.3 is 11.1 Å². The van der Waals surface area contributed by atoms with Crippen molar-refractivity contribution >= 4 is 11.6 Å². The molecule has 1 atom stereocenters. The van der Waals surface area contributed by atoms with Gasteiger partial charge in [-0.25, -0.2) is 4.39 Å². The molecule has 1 rings (SSSR count). The molecule has 0 aliphatic rings. The lowest BCUT2D eigenvalue weighted by atomic mass is 10.0. The lowest BCUT2D eigenvalue weighted by Crippen LogP contribution is -2.32. The van der Waals surface area contributed by atoms with E-state index >= 15 is 0 Å². The molecule has 0 heterocycles. The van der Waals surface area contributed by atoms with E-state index in [0.717, 1.165) is 24.9 Å². The van der Waals surface area contributed by atoms with Crippen LogP contribution in [0.15, 0.2) is 18.2 Å². The van der Waals surface area contributed by atoms with Crippen LogP contribution in [0, 0.1) is 11.7 Å². The van der Waals surface area contributed by atoms with Crippen molar-refractivity contribution in [1.29, 1.82) is 0 Å². The average molecular weight is 273 g/mol. The van der Waals surface area contributed by atoms with E-state index in [-0.39, 0.29) is 11.9 Å². The number of nitrogens with one attached hydrogen (secondary N) is 1. The quantitative estimate of drug-likeness (QED) is 0.797. The van der Waals surface area contributed by atoms with Crippen LogP contribution in [0.3, 0.4) is 0 Å². The summed E-state index contributed by atoms with van der Waals surface area (Å²) in [6.07, 6.45) is 2.27. The smallest absolute Gasteiger partial charge is 0.124 e. The van der Waals surface area contributed by atoms with E-state index in [9.17, 15) is 4.39 Å². The third-order valence-corrected chi connectivity index (χ3v) is 3.71. The first kappa shape index (κ1) is 15.4. The van der Waals surface area contributed by atoms with Crippen molar-refractivity contribution < 1.29 is 4.39 Å². The zero-order valence-electron chi connectivity index (χ0n) is 11.0. The Morgan fingerprint density at radius 3 is 2.50 bits per heavy atom. The normalized spacial score (nSPS) is 13.0. The molecule has 2 nitrogen and oxygen atoms in total. The van der Waals surface area contributed by atoms with E-state index in [4.69, 9.17) is 17.3 Å². The highest BCUT2D eigenvalue weighted by molar-refractivity contribution is 6.31. The van der Waals surface area contributed by atoms with Gasteiger partial charge in [0.2, 0.25) is 0 Å². The van der Waals surface area contributed by atoms with Crippen molar-refractivity contribution in [2.24, 2.45) is 11.7 Å². The first-order chi connectivity index (χ1) is 8.62. The minimum Gasteiger partial charge on any atom is -0.329 e. The summed E-state index contributed by atoms with van der Waals surface area (Å²) in [6, 6.07) is 4.44. The van der Waals surface area contributed by atoms with Crippen molar-refractivity contribution in [3.05, 3.63) is 34.6 Å². The van der Waals surface area contributed by atoms with Crippen LogP contribution in [0.4, 0.5) is 4.39 Å². The second-order valence-corrected chi connectivity index (χ2v) is 4.95. The summed E-state index contributed by atoms with van der Waals surface area (Å²) in [5, 5.41) is 3.85. The highest BCUT2D eigenvalue weighted by Crippen LogP contribution is 2.23. The van der Waals surface area contributed by atoms with Gasteiger partial charge in [0.25, 0.3) is 0 Å². The van der Waals surface area contributed by atoms with E-state index in [1.807, 2.05) is 0 Å². The molecule has 1 aromatic carbocycles. The average Bonchev–Trinajstić information content (AvgIpc) is 2.36. The van der Waals surface area contributed by atoms with Crippen LogP contribution in [-0.2, 0) is 0 Å². The number of halogens is 2. The fourth-order valence-electron chi connectivity index (χ4n) is 1.99. The monoisotopic (exact) mass is 272 g/mol. The van der Waals surface area contributed by atoms with Gasteiger partial charge in [0.15, 0.2) is 0 Å². The first-order valence-corrected chi connectivity index (χ1v) is 6.88. The summed E-state index contributed by atoms with van der Waals surface area (Å²) >= 11 is 6.05. The van der Waals surface area contributed by atoms with Crippen molar-refractivity contribution in [3.8, 4) is 0 Å². The zero-order valence-corrected chi connectivity index (χ0v) is 11.8. The molecular weight excluding hydrogens is 251 g/mol. The summed E-state index contributed by atoms with van der Waals surface area (Å²) in [6.45, 7) is 5.71. The SMILES string of the molecule is CCC(CC)CNC(CN)c1ccc(F)cc1Cl. The molecule has 0 spiro atoms. The molecule has 0 amide bonds. The molecule has 0 aromatic heterocycles. The molecule has 0 radical (unpaired) electrons. The van der Waals surface area contributed by atoms with Crippen molar-refractivity contribution in [2.75, 3.05) is 13.1 Å². The minimum absolute atomic E-state index is 0.0151. The Morgan fingerprint density at radius 1 is 1.33 bits per heavy atom. The number of nitrogens with two attached hydrogens (primary N) is 1. The lowest BCUT2D eigenvalue weighted by Gasteiger charge is -2.22. The maximum Gasteiger partial charge on any atom is 0.124 e. The third-order valence-electron chi connectivity index (χ3n) is 3.38. The molecule has 0 aliphatic carbocycles. The van der Waals surface area contributed by atoms with Crippen LogP contribution in [0.1, 0.15) is 38.3 Å². The molecular formula is C14H22ClFN2. The maximum absolute atomic E-state index is 13.0. The number of hydrogen-bond donors (Lipinski definition) is 2. The Labute approximate surface area is 114 Å². The molecule has 102 valence electrons. The van der Waals surface area contributed by atoms with Gasteiger partial charge in [-0.3, -0.25) is 0 Å². The lowest BCUT2D eigenvalue weighted by molar-refractivity contribution is 0.414. The Balaban J connectivity index is 2.71. The summed E-state index contributed by atoms with van der Waals surface area (Å²) in [5.74, 6) is 0.317. The Hall–Kier alpha value is -0.640. The van der Waals surface area contributed by atoms with E-state index in [2.05, 4.69) is 19.2 Å². The van der Waals surface area contributed by atoms with Gasteiger partial charge >= 0.3 is 0 Å². The van der Waals surface area contributed by atoms with Gasteiger partial charge in [0.1, 0.15) is 5.82 Å². The van der Waals surface area contributed by atoms with Crippen LogP contribution < -0.4 is 11.1 Å². The fraction of sp³-hybridized carbons (Fsp3) is 0.571. The van der Waals surface area contributed by atoms with E-state index in [1.54, 1.807) is 6.07 Å². The van der Waals surface area contributed by atoms with Gasteiger partial charge in [0.05, 0.1) is 0 Å². The number of benzene rings is 1. The van der Waals surface area contributed by atoms with Gasteiger partial charge in [-0.05, 0) is 30.2 Å². The zero-order chi connectivity index (χ0) is 13.5. The van der Waals surface area contributed by atoms with Crippen LogP contribution in [0.2, 0.25) is 5.02 Å². The van der Waals surface area contributed by atoms with Crippen LogP contribution in [0.25, 0.3) is 0 Å².